The molecule has 0 spiro atoms. The minimum Gasteiger partial charge on any atom is -0.353 e. The molecule has 156 valence electrons. The van der Waals surface area contributed by atoms with Crippen molar-refractivity contribution in [2.45, 2.75) is 25.4 Å². The van der Waals surface area contributed by atoms with Gasteiger partial charge in [-0.15, -0.1) is 0 Å². The number of carbonyl (C=O) groups is 4. The lowest BCUT2D eigenvalue weighted by Crippen LogP contribution is -2.71. The number of anilines is 1. The van der Waals surface area contributed by atoms with Crippen molar-refractivity contribution in [2.75, 3.05) is 18.9 Å². The molecule has 12 heteroatoms. The molecular formula is C17H16ClF3N4O4. The zero-order chi connectivity index (χ0) is 21.6. The van der Waals surface area contributed by atoms with E-state index in [1.54, 1.807) is 0 Å². The third-order valence-electron chi connectivity index (χ3n) is 5.33. The normalized spacial score (nSPS) is 24.6. The van der Waals surface area contributed by atoms with Gasteiger partial charge in [-0.3, -0.25) is 19.2 Å². The third-order valence-corrected chi connectivity index (χ3v) is 5.54. The van der Waals surface area contributed by atoms with Crippen molar-refractivity contribution in [3.05, 3.63) is 22.8 Å². The van der Waals surface area contributed by atoms with Crippen molar-refractivity contribution < 1.29 is 32.3 Å². The predicted octanol–water partition coefficient (Wildman–Crippen LogP) is 1.45. The Morgan fingerprint density at radius 2 is 1.83 bits per heavy atom. The van der Waals surface area contributed by atoms with Crippen LogP contribution in [0, 0.1) is 10.8 Å². The highest BCUT2D eigenvalue weighted by atomic mass is 35.5. The molecule has 0 saturated heterocycles. The van der Waals surface area contributed by atoms with Crippen molar-refractivity contribution >= 4 is 40.9 Å². The molecule has 0 unspecified atom stereocenters. The van der Waals surface area contributed by atoms with Crippen molar-refractivity contribution in [3.8, 4) is 0 Å². The van der Waals surface area contributed by atoms with Crippen LogP contribution in [0.25, 0.3) is 0 Å². The van der Waals surface area contributed by atoms with Gasteiger partial charge in [0.15, 0.2) is 0 Å². The summed E-state index contributed by atoms with van der Waals surface area (Å²) in [5, 5.41) is 6.77. The van der Waals surface area contributed by atoms with Gasteiger partial charge in [0, 0.05) is 13.2 Å². The van der Waals surface area contributed by atoms with Crippen LogP contribution in [0.2, 0.25) is 5.02 Å². The maximum absolute atomic E-state index is 13.0. The van der Waals surface area contributed by atoms with E-state index >= 15 is 0 Å². The lowest BCUT2D eigenvalue weighted by molar-refractivity contribution is -0.349. The molecule has 29 heavy (non-hydrogen) atoms. The Kier molecular flexibility index (Phi) is 5.06. The van der Waals surface area contributed by atoms with Gasteiger partial charge in [0.2, 0.25) is 11.7 Å². The molecular weight excluding hydrogens is 417 g/mol. The summed E-state index contributed by atoms with van der Waals surface area (Å²) in [7, 11) is 1.25. The first-order valence-electron chi connectivity index (χ1n) is 8.50. The van der Waals surface area contributed by atoms with Crippen molar-refractivity contribution in [2.24, 2.45) is 10.8 Å². The minimum absolute atomic E-state index is 0.0623. The third kappa shape index (κ3) is 3.54. The number of aromatic nitrogens is 1. The second-order valence-electron chi connectivity index (χ2n) is 7.28. The summed E-state index contributed by atoms with van der Waals surface area (Å²) in [5.41, 5.74) is -3.11. The van der Waals surface area contributed by atoms with Crippen LogP contribution in [0.5, 0.6) is 0 Å². The Morgan fingerprint density at radius 1 is 1.21 bits per heavy atom. The van der Waals surface area contributed by atoms with Gasteiger partial charge in [0.25, 0.3) is 11.8 Å². The van der Waals surface area contributed by atoms with Crippen LogP contribution >= 0.6 is 11.6 Å². The van der Waals surface area contributed by atoms with Crippen LogP contribution in [0.4, 0.5) is 19.0 Å². The molecule has 3 saturated carbocycles. The zero-order valence-corrected chi connectivity index (χ0v) is 15.8. The largest absolute Gasteiger partial charge is 0.394 e. The van der Waals surface area contributed by atoms with E-state index in [0.29, 0.717) is 0 Å². The van der Waals surface area contributed by atoms with Crippen LogP contribution in [0.3, 0.4) is 0 Å². The number of halogens is 4. The maximum Gasteiger partial charge on any atom is 0.394 e. The van der Waals surface area contributed by atoms with Gasteiger partial charge < -0.3 is 16.0 Å². The first-order chi connectivity index (χ1) is 13.4. The summed E-state index contributed by atoms with van der Waals surface area (Å²) >= 11 is 5.83. The number of nitrogens with zero attached hydrogens (tertiary/aromatic N) is 1. The van der Waals surface area contributed by atoms with Crippen molar-refractivity contribution in [1.82, 2.24) is 15.6 Å². The topological polar surface area (TPSA) is 117 Å². The highest BCUT2D eigenvalue weighted by Crippen LogP contribution is 2.78. The van der Waals surface area contributed by atoms with Gasteiger partial charge in [-0.05, 0) is 25.3 Å². The molecule has 3 aliphatic rings. The Hall–Kier alpha value is -2.69. The van der Waals surface area contributed by atoms with Gasteiger partial charge in [0.05, 0.1) is 28.0 Å². The van der Waals surface area contributed by atoms with E-state index in [0.717, 1.165) is 6.20 Å². The predicted molar refractivity (Wildman–Crippen MR) is 94.1 cm³/mol. The summed E-state index contributed by atoms with van der Waals surface area (Å²) in [6.07, 6.45) is -4.10. The molecule has 4 rings (SSSR count). The van der Waals surface area contributed by atoms with Gasteiger partial charge in [0.1, 0.15) is 5.82 Å². The molecule has 0 aliphatic heterocycles. The molecule has 2 bridgehead atoms. The first kappa shape index (κ1) is 21.0. The Morgan fingerprint density at radius 3 is 2.38 bits per heavy atom. The van der Waals surface area contributed by atoms with E-state index in [9.17, 15) is 32.3 Å². The number of rotatable bonds is 6. The SMILES string of the molecule is CNC(=O)C(=O)CNC(=O)c1cc(Cl)cnc1NC(=O)C12CC(C(F)(F)F)(C1)C2. The number of pyridine rings is 1. The summed E-state index contributed by atoms with van der Waals surface area (Å²) in [6, 6.07) is 1.18. The van der Waals surface area contributed by atoms with Crippen molar-refractivity contribution in [3.63, 3.8) is 0 Å². The van der Waals surface area contributed by atoms with Gasteiger partial charge >= 0.3 is 6.18 Å². The summed E-state index contributed by atoms with van der Waals surface area (Å²) < 4.78 is 38.9. The Bertz CT molecular complexity index is 899. The molecule has 1 aromatic heterocycles. The van der Waals surface area contributed by atoms with Crippen LogP contribution in [0.1, 0.15) is 29.6 Å². The molecule has 0 atom stereocenters. The van der Waals surface area contributed by atoms with Crippen LogP contribution in [0.15, 0.2) is 12.3 Å². The maximum atomic E-state index is 13.0. The molecule has 3 amide bonds. The average molecular weight is 433 g/mol. The van der Waals surface area contributed by atoms with Gasteiger partial charge in [-0.25, -0.2) is 4.98 Å². The lowest BCUT2D eigenvalue weighted by Gasteiger charge is -2.68. The molecule has 0 radical (unpaired) electrons. The zero-order valence-electron chi connectivity index (χ0n) is 15.1. The molecule has 3 N–H and O–H groups in total. The summed E-state index contributed by atoms with van der Waals surface area (Å²) in [6.45, 7) is -0.601. The summed E-state index contributed by atoms with van der Waals surface area (Å²) in [4.78, 5) is 51.4. The molecule has 1 aromatic rings. The number of alkyl halides is 3. The van der Waals surface area contributed by atoms with E-state index in [4.69, 9.17) is 11.6 Å². The van der Waals surface area contributed by atoms with Gasteiger partial charge in [-0.1, -0.05) is 11.6 Å². The Labute approximate surface area is 167 Å². The standard InChI is InChI=1S/C17H16ClF3N4O4/c1-22-13(28)10(26)4-24-12(27)9-2-8(18)3-23-11(9)25-14(29)15-5-16(6-15,7-15)17(19,20)21/h2-3H,4-7H2,1H3,(H,22,28)(H,24,27)(H,23,25,29). The fraction of sp³-hybridized carbons (Fsp3) is 0.471. The van der Waals surface area contributed by atoms with E-state index in [2.05, 4.69) is 20.9 Å². The first-order valence-corrected chi connectivity index (χ1v) is 8.88. The van der Waals surface area contributed by atoms with E-state index in [1.165, 1.54) is 13.1 Å². The van der Waals surface area contributed by atoms with Crippen molar-refractivity contribution in [1.29, 1.82) is 0 Å². The number of carbonyl (C=O) groups excluding carboxylic acids is 4. The number of amides is 3. The smallest absolute Gasteiger partial charge is 0.353 e. The lowest BCUT2D eigenvalue weighted by atomic mass is 9.34. The quantitative estimate of drug-likeness (QED) is 0.588. The number of hydrogen-bond donors (Lipinski definition) is 3. The molecule has 3 fully saturated rings. The number of likely N-dealkylation sites (N-methyl/N-ethyl adjacent to an activating group) is 1. The monoisotopic (exact) mass is 432 g/mol. The molecule has 1 heterocycles. The van der Waals surface area contributed by atoms with E-state index in [1.807, 2.05) is 0 Å². The number of Topliss-reactive ketones (excluding diaryl/α,β-unsaturated/α-hetero) is 1. The number of hydrogen-bond acceptors (Lipinski definition) is 5. The minimum atomic E-state index is -4.35. The van der Waals surface area contributed by atoms with E-state index < -0.39 is 47.1 Å². The van der Waals surface area contributed by atoms with Crippen LogP contribution < -0.4 is 16.0 Å². The molecule has 0 aromatic carbocycles. The van der Waals surface area contributed by atoms with Crippen LogP contribution in [-0.4, -0.2) is 48.3 Å². The number of ketones is 1. The fourth-order valence-corrected chi connectivity index (χ4v) is 3.91. The highest BCUT2D eigenvalue weighted by molar-refractivity contribution is 6.37. The van der Waals surface area contributed by atoms with Crippen LogP contribution in [-0.2, 0) is 14.4 Å². The fourth-order valence-electron chi connectivity index (χ4n) is 3.76. The number of nitrogens with one attached hydrogen (secondary N) is 3. The molecule has 3 aliphatic carbocycles. The van der Waals surface area contributed by atoms with E-state index in [-0.39, 0.29) is 35.7 Å². The Balaban J connectivity index is 1.68. The second kappa shape index (κ2) is 6.97. The molecule has 8 nitrogen and oxygen atoms in total. The second-order valence-corrected chi connectivity index (χ2v) is 7.71. The highest BCUT2D eigenvalue weighted by Gasteiger charge is 2.80. The summed E-state index contributed by atoms with van der Waals surface area (Å²) in [5.74, 6) is -3.49. The average Bonchev–Trinajstić information content (AvgIpc) is 2.56. The van der Waals surface area contributed by atoms with Gasteiger partial charge in [-0.2, -0.15) is 13.2 Å².